The highest BCUT2D eigenvalue weighted by Gasteiger charge is 2.39. The Hall–Kier alpha value is -1.96. The standard InChI is InChI=1S/C20H30N4O3/c1-3-14-27-17-6-4-16(5-7-17)24-19(25)15-18(20(24)26)21-8-9-23-12-10-22(2)11-13-23/h4-7,18,21H,3,8-15H2,1-2H3. The van der Waals surface area contributed by atoms with Gasteiger partial charge >= 0.3 is 0 Å². The number of amides is 2. The first-order chi connectivity index (χ1) is 13.1. The molecule has 1 aromatic carbocycles. The molecule has 148 valence electrons. The number of anilines is 1. The lowest BCUT2D eigenvalue weighted by Crippen LogP contribution is -2.48. The lowest BCUT2D eigenvalue weighted by molar-refractivity contribution is -0.121. The van der Waals surface area contributed by atoms with Crippen LogP contribution in [0.3, 0.4) is 0 Å². The molecule has 1 atom stereocenters. The maximum atomic E-state index is 12.7. The Morgan fingerprint density at radius 3 is 2.48 bits per heavy atom. The number of nitrogens with one attached hydrogen (secondary N) is 1. The largest absolute Gasteiger partial charge is 0.494 e. The van der Waals surface area contributed by atoms with Crippen LogP contribution in [0.5, 0.6) is 5.75 Å². The first-order valence-corrected chi connectivity index (χ1v) is 9.82. The highest BCUT2D eigenvalue weighted by atomic mass is 16.5. The minimum atomic E-state index is -0.430. The van der Waals surface area contributed by atoms with Gasteiger partial charge in [-0.25, -0.2) is 4.90 Å². The monoisotopic (exact) mass is 374 g/mol. The van der Waals surface area contributed by atoms with Crippen molar-refractivity contribution in [2.24, 2.45) is 0 Å². The molecule has 2 saturated heterocycles. The summed E-state index contributed by atoms with van der Waals surface area (Å²) in [6.07, 6.45) is 1.15. The maximum Gasteiger partial charge on any atom is 0.251 e. The predicted octanol–water partition coefficient (Wildman–Crippen LogP) is 0.944. The van der Waals surface area contributed by atoms with Crippen molar-refractivity contribution in [1.82, 2.24) is 15.1 Å². The molecule has 2 fully saturated rings. The van der Waals surface area contributed by atoms with Gasteiger partial charge in [0.05, 0.1) is 24.8 Å². The molecule has 1 N–H and O–H groups in total. The zero-order valence-electron chi connectivity index (χ0n) is 16.3. The molecule has 3 rings (SSSR count). The van der Waals surface area contributed by atoms with E-state index in [0.29, 0.717) is 18.8 Å². The summed E-state index contributed by atoms with van der Waals surface area (Å²) < 4.78 is 5.56. The van der Waals surface area contributed by atoms with E-state index in [0.717, 1.165) is 44.9 Å². The number of hydrogen-bond acceptors (Lipinski definition) is 6. The van der Waals surface area contributed by atoms with Crippen LogP contribution in [-0.2, 0) is 9.59 Å². The van der Waals surface area contributed by atoms with Gasteiger partial charge in [0.25, 0.3) is 5.91 Å². The number of likely N-dealkylation sites (N-methyl/N-ethyl adjacent to an activating group) is 1. The molecule has 27 heavy (non-hydrogen) atoms. The Morgan fingerprint density at radius 2 is 1.81 bits per heavy atom. The van der Waals surface area contributed by atoms with Gasteiger partial charge in [0, 0.05) is 39.3 Å². The topological polar surface area (TPSA) is 65.1 Å². The van der Waals surface area contributed by atoms with Crippen molar-refractivity contribution in [3.05, 3.63) is 24.3 Å². The van der Waals surface area contributed by atoms with E-state index >= 15 is 0 Å². The fourth-order valence-electron chi connectivity index (χ4n) is 3.44. The van der Waals surface area contributed by atoms with Crippen molar-refractivity contribution in [2.75, 3.05) is 57.8 Å². The second kappa shape index (κ2) is 9.30. The highest BCUT2D eigenvalue weighted by molar-refractivity contribution is 6.22. The average molecular weight is 374 g/mol. The molecule has 7 nitrogen and oxygen atoms in total. The summed E-state index contributed by atoms with van der Waals surface area (Å²) in [6, 6.07) is 6.72. The van der Waals surface area contributed by atoms with Gasteiger partial charge in [-0.15, -0.1) is 0 Å². The molecule has 1 aromatic rings. The smallest absolute Gasteiger partial charge is 0.251 e. The van der Waals surface area contributed by atoms with Gasteiger partial charge in [0.2, 0.25) is 5.91 Å². The van der Waals surface area contributed by atoms with Crippen LogP contribution in [0.25, 0.3) is 0 Å². The van der Waals surface area contributed by atoms with E-state index in [2.05, 4.69) is 22.2 Å². The maximum absolute atomic E-state index is 12.7. The van der Waals surface area contributed by atoms with Crippen LogP contribution in [0.2, 0.25) is 0 Å². The first kappa shape index (κ1) is 19.8. The van der Waals surface area contributed by atoms with E-state index in [9.17, 15) is 9.59 Å². The first-order valence-electron chi connectivity index (χ1n) is 9.82. The van der Waals surface area contributed by atoms with Crippen LogP contribution >= 0.6 is 0 Å². The number of carbonyl (C=O) groups is 2. The summed E-state index contributed by atoms with van der Waals surface area (Å²) in [5, 5.41) is 3.27. The van der Waals surface area contributed by atoms with Gasteiger partial charge in [-0.3, -0.25) is 14.5 Å². The van der Waals surface area contributed by atoms with Crippen LogP contribution < -0.4 is 15.0 Å². The van der Waals surface area contributed by atoms with Crippen LogP contribution in [0.1, 0.15) is 19.8 Å². The van der Waals surface area contributed by atoms with Crippen molar-refractivity contribution in [1.29, 1.82) is 0 Å². The zero-order valence-corrected chi connectivity index (χ0v) is 16.3. The van der Waals surface area contributed by atoms with Gasteiger partial charge < -0.3 is 15.0 Å². The van der Waals surface area contributed by atoms with E-state index in [4.69, 9.17) is 4.74 Å². The van der Waals surface area contributed by atoms with Crippen LogP contribution in [0, 0.1) is 0 Å². The molecule has 0 spiro atoms. The quantitative estimate of drug-likeness (QED) is 0.684. The molecule has 2 aliphatic rings. The number of hydrogen-bond donors (Lipinski definition) is 1. The molecule has 2 aliphatic heterocycles. The summed E-state index contributed by atoms with van der Waals surface area (Å²) in [4.78, 5) is 31.1. The number of rotatable bonds is 8. The number of benzene rings is 1. The Balaban J connectivity index is 1.50. The highest BCUT2D eigenvalue weighted by Crippen LogP contribution is 2.25. The molecule has 2 amide bonds. The molecule has 2 heterocycles. The summed E-state index contributed by atoms with van der Waals surface area (Å²) >= 11 is 0. The van der Waals surface area contributed by atoms with Gasteiger partial charge in [-0.05, 0) is 37.7 Å². The number of nitrogens with zero attached hydrogens (tertiary/aromatic N) is 3. The summed E-state index contributed by atoms with van der Waals surface area (Å²) in [6.45, 7) is 8.56. The third kappa shape index (κ3) is 5.06. The van der Waals surface area contributed by atoms with E-state index in [-0.39, 0.29) is 18.2 Å². The predicted molar refractivity (Wildman–Crippen MR) is 105 cm³/mol. The number of carbonyl (C=O) groups excluding carboxylic acids is 2. The fraction of sp³-hybridized carbons (Fsp3) is 0.600. The van der Waals surface area contributed by atoms with Crippen LogP contribution in [0.15, 0.2) is 24.3 Å². The molecular weight excluding hydrogens is 344 g/mol. The van der Waals surface area contributed by atoms with Crippen molar-refractivity contribution in [3.8, 4) is 5.75 Å². The lowest BCUT2D eigenvalue weighted by atomic mass is 10.2. The Labute approximate surface area is 161 Å². The summed E-state index contributed by atoms with van der Waals surface area (Å²) in [7, 11) is 2.13. The van der Waals surface area contributed by atoms with E-state index in [1.165, 1.54) is 4.90 Å². The molecule has 1 unspecified atom stereocenters. The van der Waals surface area contributed by atoms with Gasteiger partial charge in [-0.1, -0.05) is 6.92 Å². The third-order valence-corrected chi connectivity index (χ3v) is 5.13. The van der Waals surface area contributed by atoms with Crippen LogP contribution in [0.4, 0.5) is 5.69 Å². The Morgan fingerprint density at radius 1 is 1.11 bits per heavy atom. The molecule has 0 aromatic heterocycles. The third-order valence-electron chi connectivity index (χ3n) is 5.13. The van der Waals surface area contributed by atoms with E-state index < -0.39 is 6.04 Å². The second-order valence-electron chi connectivity index (χ2n) is 7.27. The van der Waals surface area contributed by atoms with Gasteiger partial charge in [0.1, 0.15) is 5.75 Å². The van der Waals surface area contributed by atoms with Crippen LogP contribution in [-0.4, -0.2) is 80.6 Å². The van der Waals surface area contributed by atoms with Gasteiger partial charge in [-0.2, -0.15) is 0 Å². The summed E-state index contributed by atoms with van der Waals surface area (Å²) in [5.74, 6) is 0.432. The lowest BCUT2D eigenvalue weighted by Gasteiger charge is -2.32. The van der Waals surface area contributed by atoms with E-state index in [1.54, 1.807) is 24.3 Å². The van der Waals surface area contributed by atoms with Crippen molar-refractivity contribution in [2.45, 2.75) is 25.8 Å². The molecule has 0 bridgehead atoms. The molecular formula is C20H30N4O3. The molecule has 7 heteroatoms. The minimum absolute atomic E-state index is 0.153. The van der Waals surface area contributed by atoms with Gasteiger partial charge in [0.15, 0.2) is 0 Å². The van der Waals surface area contributed by atoms with Crippen molar-refractivity contribution >= 4 is 17.5 Å². The second-order valence-corrected chi connectivity index (χ2v) is 7.27. The average Bonchev–Trinajstić information content (AvgIpc) is 2.96. The summed E-state index contributed by atoms with van der Waals surface area (Å²) in [5.41, 5.74) is 0.609. The normalized spacial score (nSPS) is 21.9. The van der Waals surface area contributed by atoms with Crippen molar-refractivity contribution < 1.29 is 14.3 Å². The van der Waals surface area contributed by atoms with E-state index in [1.807, 2.05) is 6.92 Å². The number of ether oxygens (including phenoxy) is 1. The zero-order chi connectivity index (χ0) is 19.2. The molecule has 0 radical (unpaired) electrons. The number of imide groups is 1. The molecule has 0 aliphatic carbocycles. The SMILES string of the molecule is CCCOc1ccc(N2C(=O)CC(NCCN3CCN(C)CC3)C2=O)cc1. The Bertz CT molecular complexity index is 641. The fourth-order valence-corrected chi connectivity index (χ4v) is 3.44. The van der Waals surface area contributed by atoms with Crippen molar-refractivity contribution in [3.63, 3.8) is 0 Å². The minimum Gasteiger partial charge on any atom is -0.494 e. The molecule has 0 saturated carbocycles. The number of piperazine rings is 1. The Kier molecular flexibility index (Phi) is 6.82.